The Balaban J connectivity index is 2.41. The van der Waals surface area contributed by atoms with Crippen LogP contribution in [0, 0.1) is 0 Å². The summed E-state index contributed by atoms with van der Waals surface area (Å²) in [6.07, 6.45) is 1.59. The lowest BCUT2D eigenvalue weighted by molar-refractivity contribution is 0.0696. The van der Waals surface area contributed by atoms with Crippen molar-refractivity contribution < 1.29 is 24.9 Å². The SMILES string of the molecule is COc1cc(C(=O)O)cc(CC2(O)CC2)c1O. The molecule has 0 spiro atoms. The van der Waals surface area contributed by atoms with Crippen LogP contribution in [-0.4, -0.2) is 34.0 Å². The van der Waals surface area contributed by atoms with Gasteiger partial charge in [0.05, 0.1) is 18.3 Å². The van der Waals surface area contributed by atoms with Crippen molar-refractivity contribution in [3.63, 3.8) is 0 Å². The molecule has 5 nitrogen and oxygen atoms in total. The molecule has 0 saturated heterocycles. The van der Waals surface area contributed by atoms with Crippen molar-refractivity contribution in [2.45, 2.75) is 24.9 Å². The first-order valence-electron chi connectivity index (χ1n) is 5.31. The van der Waals surface area contributed by atoms with Gasteiger partial charge in [0.25, 0.3) is 0 Å². The number of carboxylic acids is 1. The zero-order valence-corrected chi connectivity index (χ0v) is 9.43. The van der Waals surface area contributed by atoms with Crippen LogP contribution >= 0.6 is 0 Å². The molecular weight excluding hydrogens is 224 g/mol. The molecule has 0 amide bonds. The molecule has 2 rings (SSSR count). The first kappa shape index (κ1) is 11.7. The number of phenols is 1. The molecule has 0 radical (unpaired) electrons. The van der Waals surface area contributed by atoms with Gasteiger partial charge in [0, 0.05) is 12.0 Å². The fourth-order valence-electron chi connectivity index (χ4n) is 1.75. The summed E-state index contributed by atoms with van der Waals surface area (Å²) in [6, 6.07) is 2.63. The molecule has 3 N–H and O–H groups in total. The van der Waals surface area contributed by atoms with Crippen LogP contribution in [0.1, 0.15) is 28.8 Å². The minimum absolute atomic E-state index is 0.0406. The van der Waals surface area contributed by atoms with Crippen LogP contribution < -0.4 is 4.74 Å². The average molecular weight is 238 g/mol. The summed E-state index contributed by atoms with van der Waals surface area (Å²) < 4.78 is 4.92. The van der Waals surface area contributed by atoms with E-state index in [2.05, 4.69) is 0 Å². The predicted molar refractivity (Wildman–Crippen MR) is 59.5 cm³/mol. The monoisotopic (exact) mass is 238 g/mol. The molecule has 0 unspecified atom stereocenters. The van der Waals surface area contributed by atoms with Crippen molar-refractivity contribution in [3.05, 3.63) is 23.3 Å². The number of rotatable bonds is 4. The van der Waals surface area contributed by atoms with E-state index in [1.807, 2.05) is 0 Å². The quantitative estimate of drug-likeness (QED) is 0.732. The summed E-state index contributed by atoms with van der Waals surface area (Å²) in [7, 11) is 1.36. The summed E-state index contributed by atoms with van der Waals surface area (Å²) in [5.74, 6) is -1.07. The third-order valence-corrected chi connectivity index (χ3v) is 2.97. The molecule has 17 heavy (non-hydrogen) atoms. The number of aliphatic hydroxyl groups is 1. The van der Waals surface area contributed by atoms with Crippen molar-refractivity contribution in [1.82, 2.24) is 0 Å². The van der Waals surface area contributed by atoms with Gasteiger partial charge in [-0.3, -0.25) is 0 Å². The van der Waals surface area contributed by atoms with Crippen molar-refractivity contribution >= 4 is 5.97 Å². The zero-order valence-electron chi connectivity index (χ0n) is 9.43. The van der Waals surface area contributed by atoms with Gasteiger partial charge >= 0.3 is 5.97 Å². The molecule has 1 aliphatic rings. The number of hydrogen-bond donors (Lipinski definition) is 3. The van der Waals surface area contributed by atoms with E-state index in [1.54, 1.807) is 0 Å². The second-order valence-electron chi connectivity index (χ2n) is 4.39. The summed E-state index contributed by atoms with van der Waals surface area (Å²) in [6.45, 7) is 0. The standard InChI is InChI=1S/C12H14O5/c1-17-9-5-7(11(14)15)4-8(10(9)13)6-12(16)2-3-12/h4-5,13,16H,2-3,6H2,1H3,(H,14,15). The number of hydrogen-bond acceptors (Lipinski definition) is 4. The highest BCUT2D eigenvalue weighted by Gasteiger charge is 2.41. The summed E-state index contributed by atoms with van der Waals surface area (Å²) in [4.78, 5) is 10.9. The molecule has 0 aromatic heterocycles. The second-order valence-corrected chi connectivity index (χ2v) is 4.39. The number of phenolic OH excluding ortho intramolecular Hbond substituents is 1. The van der Waals surface area contributed by atoms with Crippen molar-refractivity contribution in [2.24, 2.45) is 0 Å². The van der Waals surface area contributed by atoms with Gasteiger partial charge in [-0.1, -0.05) is 0 Å². The zero-order chi connectivity index (χ0) is 12.6. The molecule has 1 aromatic rings. The number of ether oxygens (including phenoxy) is 1. The van der Waals surface area contributed by atoms with E-state index in [1.165, 1.54) is 19.2 Å². The molecule has 1 aliphatic carbocycles. The molecule has 0 aliphatic heterocycles. The van der Waals surface area contributed by atoms with E-state index in [0.29, 0.717) is 18.4 Å². The largest absolute Gasteiger partial charge is 0.504 e. The number of benzene rings is 1. The third-order valence-electron chi connectivity index (χ3n) is 2.97. The minimum atomic E-state index is -1.09. The summed E-state index contributed by atoms with van der Waals surface area (Å²) in [5, 5.41) is 28.6. The highest BCUT2D eigenvalue weighted by atomic mass is 16.5. The number of aromatic carboxylic acids is 1. The lowest BCUT2D eigenvalue weighted by atomic mass is 10.0. The van der Waals surface area contributed by atoms with Crippen LogP contribution in [0.2, 0.25) is 0 Å². The van der Waals surface area contributed by atoms with Crippen molar-refractivity contribution in [1.29, 1.82) is 0 Å². The lowest BCUT2D eigenvalue weighted by Gasteiger charge is -2.13. The van der Waals surface area contributed by atoms with Gasteiger partial charge in [-0.2, -0.15) is 0 Å². The Morgan fingerprint density at radius 2 is 2.12 bits per heavy atom. The Bertz CT molecular complexity index is 462. The smallest absolute Gasteiger partial charge is 0.335 e. The topological polar surface area (TPSA) is 87.0 Å². The predicted octanol–water partition coefficient (Wildman–Crippen LogP) is 1.17. The van der Waals surface area contributed by atoms with Gasteiger partial charge in [-0.15, -0.1) is 0 Å². The van der Waals surface area contributed by atoms with Crippen LogP contribution in [0.25, 0.3) is 0 Å². The van der Waals surface area contributed by atoms with Crippen molar-refractivity contribution in [3.8, 4) is 11.5 Å². The van der Waals surface area contributed by atoms with E-state index in [0.717, 1.165) is 0 Å². The maximum Gasteiger partial charge on any atom is 0.335 e. The molecule has 1 aromatic carbocycles. The molecule has 0 atom stereocenters. The van der Waals surface area contributed by atoms with E-state index < -0.39 is 11.6 Å². The maximum absolute atomic E-state index is 10.9. The molecule has 92 valence electrons. The van der Waals surface area contributed by atoms with Gasteiger partial charge in [0.2, 0.25) is 0 Å². The van der Waals surface area contributed by atoms with Crippen LogP contribution in [0.15, 0.2) is 12.1 Å². The molecular formula is C12H14O5. The van der Waals surface area contributed by atoms with Gasteiger partial charge in [0.1, 0.15) is 0 Å². The lowest BCUT2D eigenvalue weighted by Crippen LogP contribution is -2.12. The third kappa shape index (κ3) is 2.34. The maximum atomic E-state index is 10.9. The molecule has 0 bridgehead atoms. The Morgan fingerprint density at radius 3 is 2.59 bits per heavy atom. The van der Waals surface area contributed by atoms with Gasteiger partial charge in [-0.25, -0.2) is 4.79 Å². The Morgan fingerprint density at radius 1 is 1.47 bits per heavy atom. The van der Waals surface area contributed by atoms with Crippen LogP contribution in [-0.2, 0) is 6.42 Å². The number of aromatic hydroxyl groups is 1. The Labute approximate surface area is 98.3 Å². The molecule has 0 heterocycles. The highest BCUT2D eigenvalue weighted by molar-refractivity contribution is 5.89. The number of carbonyl (C=O) groups is 1. The highest BCUT2D eigenvalue weighted by Crippen LogP contribution is 2.42. The fourth-order valence-corrected chi connectivity index (χ4v) is 1.75. The van der Waals surface area contributed by atoms with Crippen LogP contribution in [0.3, 0.4) is 0 Å². The van der Waals surface area contributed by atoms with Gasteiger partial charge in [0.15, 0.2) is 11.5 Å². The van der Waals surface area contributed by atoms with Crippen molar-refractivity contribution in [2.75, 3.05) is 7.11 Å². The van der Waals surface area contributed by atoms with E-state index >= 15 is 0 Å². The van der Waals surface area contributed by atoms with Gasteiger partial charge in [-0.05, 0) is 25.0 Å². The molecule has 1 saturated carbocycles. The minimum Gasteiger partial charge on any atom is -0.504 e. The second kappa shape index (κ2) is 3.92. The normalized spacial score (nSPS) is 16.6. The van der Waals surface area contributed by atoms with E-state index in [4.69, 9.17) is 9.84 Å². The number of carboxylic acid groups (broad SMARTS) is 1. The first-order chi connectivity index (χ1) is 7.95. The molecule has 5 heteroatoms. The molecule has 1 fully saturated rings. The average Bonchev–Trinajstić information content (AvgIpc) is 2.99. The van der Waals surface area contributed by atoms with E-state index in [9.17, 15) is 15.0 Å². The summed E-state index contributed by atoms with van der Waals surface area (Å²) in [5.41, 5.74) is -0.347. The Hall–Kier alpha value is -1.75. The van der Waals surface area contributed by atoms with Crippen LogP contribution in [0.4, 0.5) is 0 Å². The first-order valence-corrected chi connectivity index (χ1v) is 5.31. The van der Waals surface area contributed by atoms with Crippen LogP contribution in [0.5, 0.6) is 11.5 Å². The fraction of sp³-hybridized carbons (Fsp3) is 0.417. The number of methoxy groups -OCH3 is 1. The summed E-state index contributed by atoms with van der Waals surface area (Å²) >= 11 is 0. The van der Waals surface area contributed by atoms with E-state index in [-0.39, 0.29) is 23.5 Å². The Kier molecular flexibility index (Phi) is 2.71. The van der Waals surface area contributed by atoms with Gasteiger partial charge < -0.3 is 20.1 Å².